The van der Waals surface area contributed by atoms with Gasteiger partial charge in [0.05, 0.1) is 0 Å². The van der Waals surface area contributed by atoms with Crippen molar-refractivity contribution in [2.75, 3.05) is 6.54 Å². The Bertz CT molecular complexity index is 601. The first-order valence-electron chi connectivity index (χ1n) is 7.00. The van der Waals surface area contributed by atoms with E-state index in [1.165, 1.54) is 24.3 Å². The molecule has 1 nitrogen and oxygen atoms in total. The maximum absolute atomic E-state index is 13.8. The van der Waals surface area contributed by atoms with Crippen molar-refractivity contribution in [2.45, 2.75) is 25.8 Å². The highest BCUT2D eigenvalue weighted by Gasteiger charge is 2.13. The molecule has 2 rings (SSSR count). The van der Waals surface area contributed by atoms with E-state index < -0.39 is 0 Å². The summed E-state index contributed by atoms with van der Waals surface area (Å²) >= 11 is 5.92. The molecular formula is C17H18ClF2N. The molecule has 0 fully saturated rings. The molecule has 0 spiro atoms. The van der Waals surface area contributed by atoms with Gasteiger partial charge in [-0.05, 0) is 60.8 Å². The summed E-state index contributed by atoms with van der Waals surface area (Å²) < 4.78 is 27.1. The van der Waals surface area contributed by atoms with E-state index in [-0.39, 0.29) is 17.7 Å². The van der Waals surface area contributed by atoms with Crippen molar-refractivity contribution in [3.05, 3.63) is 70.2 Å². The average molecular weight is 310 g/mol. The fourth-order valence-corrected chi connectivity index (χ4v) is 2.61. The molecule has 1 unspecified atom stereocenters. The zero-order valence-corrected chi connectivity index (χ0v) is 12.6. The van der Waals surface area contributed by atoms with E-state index in [0.717, 1.165) is 12.1 Å². The quantitative estimate of drug-likeness (QED) is 0.835. The van der Waals surface area contributed by atoms with E-state index >= 15 is 0 Å². The molecule has 0 bridgehead atoms. The zero-order valence-electron chi connectivity index (χ0n) is 11.9. The monoisotopic (exact) mass is 309 g/mol. The number of halogens is 3. The Morgan fingerprint density at radius 1 is 1.10 bits per heavy atom. The molecule has 2 aromatic rings. The number of hydrogen-bond acceptors (Lipinski definition) is 1. The molecule has 0 aliphatic rings. The van der Waals surface area contributed by atoms with Crippen LogP contribution < -0.4 is 5.32 Å². The van der Waals surface area contributed by atoms with Crippen LogP contribution in [0, 0.1) is 11.6 Å². The summed E-state index contributed by atoms with van der Waals surface area (Å²) in [7, 11) is 0. The van der Waals surface area contributed by atoms with Gasteiger partial charge in [0, 0.05) is 11.1 Å². The predicted molar refractivity (Wildman–Crippen MR) is 82.7 cm³/mol. The Kier molecular flexibility index (Phi) is 5.71. The topological polar surface area (TPSA) is 12.0 Å². The molecular weight excluding hydrogens is 292 g/mol. The number of nitrogens with one attached hydrogen (secondary N) is 1. The summed E-state index contributed by atoms with van der Waals surface area (Å²) in [5.41, 5.74) is 1.47. The van der Waals surface area contributed by atoms with Gasteiger partial charge in [-0.15, -0.1) is 0 Å². The van der Waals surface area contributed by atoms with Gasteiger partial charge in [-0.2, -0.15) is 0 Å². The summed E-state index contributed by atoms with van der Waals surface area (Å²) in [6.45, 7) is 2.76. The summed E-state index contributed by atoms with van der Waals surface area (Å²) in [4.78, 5) is 0. The highest BCUT2D eigenvalue weighted by molar-refractivity contribution is 6.30. The number of hydrogen-bond donors (Lipinski definition) is 1. The third-order valence-electron chi connectivity index (χ3n) is 3.34. The second kappa shape index (κ2) is 7.53. The number of rotatable bonds is 6. The minimum atomic E-state index is -0.262. The van der Waals surface area contributed by atoms with Gasteiger partial charge in [0.15, 0.2) is 0 Å². The fourth-order valence-electron chi connectivity index (χ4n) is 2.42. The lowest BCUT2D eigenvalue weighted by atomic mass is 9.98. The molecule has 2 aromatic carbocycles. The normalized spacial score (nSPS) is 12.4. The third-order valence-corrected chi connectivity index (χ3v) is 3.57. The second-order valence-electron chi connectivity index (χ2n) is 5.03. The lowest BCUT2D eigenvalue weighted by Crippen LogP contribution is -2.33. The van der Waals surface area contributed by atoms with Crippen molar-refractivity contribution in [3.8, 4) is 0 Å². The van der Waals surface area contributed by atoms with Crippen molar-refractivity contribution in [2.24, 2.45) is 0 Å². The maximum atomic E-state index is 13.8. The largest absolute Gasteiger partial charge is 0.314 e. The van der Waals surface area contributed by atoms with Gasteiger partial charge >= 0.3 is 0 Å². The molecule has 0 aromatic heterocycles. The number of likely N-dealkylation sites (N-methyl/N-ethyl adjacent to an activating group) is 1. The third kappa shape index (κ3) is 4.80. The summed E-state index contributed by atoms with van der Waals surface area (Å²) in [6, 6.07) is 11.1. The van der Waals surface area contributed by atoms with Crippen LogP contribution in [0.15, 0.2) is 42.5 Å². The Morgan fingerprint density at radius 3 is 2.62 bits per heavy atom. The molecule has 112 valence electrons. The molecule has 0 amide bonds. The van der Waals surface area contributed by atoms with Gasteiger partial charge in [0.25, 0.3) is 0 Å². The smallest absolute Gasteiger partial charge is 0.126 e. The van der Waals surface area contributed by atoms with Crippen LogP contribution in [0.5, 0.6) is 0 Å². The molecule has 1 N–H and O–H groups in total. The van der Waals surface area contributed by atoms with Crippen LogP contribution in [0.1, 0.15) is 18.1 Å². The zero-order chi connectivity index (χ0) is 15.2. The Morgan fingerprint density at radius 2 is 1.90 bits per heavy atom. The molecule has 0 heterocycles. The van der Waals surface area contributed by atoms with Crippen LogP contribution in [0.2, 0.25) is 5.02 Å². The van der Waals surface area contributed by atoms with Crippen molar-refractivity contribution in [1.82, 2.24) is 5.32 Å². The Hall–Kier alpha value is -1.45. The van der Waals surface area contributed by atoms with Crippen molar-refractivity contribution >= 4 is 11.6 Å². The van der Waals surface area contributed by atoms with Gasteiger partial charge in [-0.25, -0.2) is 8.78 Å². The van der Waals surface area contributed by atoms with Gasteiger partial charge < -0.3 is 5.32 Å². The standard InChI is InChI=1S/C17H18ClF2N/c1-2-21-16(9-12-4-3-5-15(19)8-12)11-13-10-14(18)6-7-17(13)20/h3-8,10,16,21H,2,9,11H2,1H3. The number of benzene rings is 2. The van der Waals surface area contributed by atoms with Gasteiger partial charge in [0.2, 0.25) is 0 Å². The van der Waals surface area contributed by atoms with Crippen LogP contribution >= 0.6 is 11.6 Å². The van der Waals surface area contributed by atoms with Crippen molar-refractivity contribution in [3.63, 3.8) is 0 Å². The van der Waals surface area contributed by atoms with Crippen molar-refractivity contribution in [1.29, 1.82) is 0 Å². The molecule has 4 heteroatoms. The van der Waals surface area contributed by atoms with E-state index in [1.54, 1.807) is 12.1 Å². The van der Waals surface area contributed by atoms with Crippen LogP contribution in [0.25, 0.3) is 0 Å². The lowest BCUT2D eigenvalue weighted by molar-refractivity contribution is 0.504. The van der Waals surface area contributed by atoms with Crippen LogP contribution in [-0.4, -0.2) is 12.6 Å². The molecule has 0 saturated carbocycles. The van der Waals surface area contributed by atoms with Crippen LogP contribution in [0.4, 0.5) is 8.78 Å². The highest BCUT2D eigenvalue weighted by Crippen LogP contribution is 2.18. The molecule has 0 saturated heterocycles. The summed E-state index contributed by atoms with van der Waals surface area (Å²) in [6.07, 6.45) is 1.15. The lowest BCUT2D eigenvalue weighted by Gasteiger charge is -2.18. The molecule has 21 heavy (non-hydrogen) atoms. The molecule has 1 atom stereocenters. The molecule has 0 aliphatic heterocycles. The maximum Gasteiger partial charge on any atom is 0.126 e. The van der Waals surface area contributed by atoms with E-state index in [1.807, 2.05) is 13.0 Å². The van der Waals surface area contributed by atoms with Gasteiger partial charge in [0.1, 0.15) is 11.6 Å². The first kappa shape index (κ1) is 15.9. The molecule has 0 radical (unpaired) electrons. The fraction of sp³-hybridized carbons (Fsp3) is 0.294. The first-order valence-corrected chi connectivity index (χ1v) is 7.38. The SMILES string of the molecule is CCNC(Cc1cccc(F)c1)Cc1cc(Cl)ccc1F. The predicted octanol–water partition coefficient (Wildman–Crippen LogP) is 4.38. The average Bonchev–Trinajstić information content (AvgIpc) is 2.43. The first-order chi connectivity index (χ1) is 10.1. The minimum Gasteiger partial charge on any atom is -0.314 e. The van der Waals surface area contributed by atoms with E-state index in [9.17, 15) is 8.78 Å². The van der Waals surface area contributed by atoms with E-state index in [4.69, 9.17) is 11.6 Å². The van der Waals surface area contributed by atoms with Gasteiger partial charge in [-0.1, -0.05) is 30.7 Å². The second-order valence-corrected chi connectivity index (χ2v) is 5.46. The molecule has 0 aliphatic carbocycles. The van der Waals surface area contributed by atoms with Crippen molar-refractivity contribution < 1.29 is 8.78 Å². The van der Waals surface area contributed by atoms with Gasteiger partial charge in [-0.3, -0.25) is 0 Å². The Balaban J connectivity index is 2.13. The Labute approximate surface area is 128 Å². The minimum absolute atomic E-state index is 0.0322. The summed E-state index contributed by atoms with van der Waals surface area (Å²) in [5.74, 6) is -0.516. The summed E-state index contributed by atoms with van der Waals surface area (Å²) in [5, 5.41) is 3.83. The van der Waals surface area contributed by atoms with E-state index in [2.05, 4.69) is 5.32 Å². The van der Waals surface area contributed by atoms with Crippen LogP contribution in [-0.2, 0) is 12.8 Å². The van der Waals surface area contributed by atoms with Crippen LogP contribution in [0.3, 0.4) is 0 Å². The van der Waals surface area contributed by atoms with E-state index in [0.29, 0.717) is 23.4 Å². The highest BCUT2D eigenvalue weighted by atomic mass is 35.5.